The fraction of sp³-hybridized carbons (Fsp3) is 0.905. The predicted molar refractivity (Wildman–Crippen MR) is 98.3 cm³/mol. The minimum atomic E-state index is -1.00. The Bertz CT molecular complexity index is 451. The van der Waals surface area contributed by atoms with E-state index in [1.54, 1.807) is 0 Å². The Balaban J connectivity index is 1.64. The molecule has 8 unspecified atom stereocenters. The number of hydrogen-bond donors (Lipinski definition) is 1. The number of allylic oxidation sites excluding steroid dienone is 1. The lowest BCUT2D eigenvalue weighted by atomic mass is 9.87. The molecule has 0 amide bonds. The van der Waals surface area contributed by atoms with E-state index in [4.69, 9.17) is 14.2 Å². The number of unbranched alkanes of at least 4 members (excludes halogenated alkanes) is 1. The van der Waals surface area contributed by atoms with Crippen molar-refractivity contribution in [1.29, 1.82) is 0 Å². The molecule has 1 aliphatic carbocycles. The van der Waals surface area contributed by atoms with E-state index >= 15 is 0 Å². The molecule has 0 aromatic rings. The zero-order valence-electron chi connectivity index (χ0n) is 16.2. The van der Waals surface area contributed by atoms with Crippen LogP contribution in [-0.2, 0) is 14.2 Å². The molecule has 5 heteroatoms. The van der Waals surface area contributed by atoms with Crippen molar-refractivity contribution in [3.8, 4) is 0 Å². The Morgan fingerprint density at radius 2 is 2.15 bits per heavy atom. The second kappa shape index (κ2) is 9.63. The summed E-state index contributed by atoms with van der Waals surface area (Å²) in [4.78, 5) is 0. The van der Waals surface area contributed by atoms with E-state index in [0.717, 1.165) is 38.5 Å². The third-order valence-electron chi connectivity index (χ3n) is 6.20. The average Bonchev–Trinajstić information content (AvgIpc) is 3.12. The van der Waals surface area contributed by atoms with Crippen molar-refractivity contribution >= 4 is 0 Å². The van der Waals surface area contributed by atoms with Crippen LogP contribution in [0.2, 0.25) is 0 Å². The molecule has 4 nitrogen and oxygen atoms in total. The summed E-state index contributed by atoms with van der Waals surface area (Å²) < 4.78 is 32.1. The first-order chi connectivity index (χ1) is 12.6. The van der Waals surface area contributed by atoms with E-state index in [9.17, 15) is 9.50 Å². The first-order valence-electron chi connectivity index (χ1n) is 10.5. The van der Waals surface area contributed by atoms with Gasteiger partial charge in [-0.1, -0.05) is 38.8 Å². The maximum atomic E-state index is 14.8. The molecule has 2 saturated heterocycles. The van der Waals surface area contributed by atoms with Gasteiger partial charge in [0, 0.05) is 13.0 Å². The molecule has 3 rings (SSSR count). The maximum absolute atomic E-state index is 14.8. The van der Waals surface area contributed by atoms with Gasteiger partial charge >= 0.3 is 0 Å². The molecular formula is C21H35FO4. The van der Waals surface area contributed by atoms with Crippen LogP contribution in [0, 0.1) is 17.8 Å². The minimum Gasteiger partial charge on any atom is -0.368 e. The molecule has 0 spiro atoms. The highest BCUT2D eigenvalue weighted by molar-refractivity contribution is 5.06. The average molecular weight is 371 g/mol. The molecule has 2 heterocycles. The van der Waals surface area contributed by atoms with E-state index in [1.807, 2.05) is 6.08 Å². The van der Waals surface area contributed by atoms with Gasteiger partial charge in [-0.15, -0.1) is 0 Å². The summed E-state index contributed by atoms with van der Waals surface area (Å²) in [6, 6.07) is 0. The highest BCUT2D eigenvalue weighted by atomic mass is 19.1. The third-order valence-corrected chi connectivity index (χ3v) is 6.20. The first-order valence-corrected chi connectivity index (χ1v) is 10.5. The van der Waals surface area contributed by atoms with E-state index in [2.05, 4.69) is 19.9 Å². The monoisotopic (exact) mass is 370 g/mol. The van der Waals surface area contributed by atoms with Gasteiger partial charge in [-0.2, -0.15) is 0 Å². The number of hydrogen-bond acceptors (Lipinski definition) is 4. The lowest BCUT2D eigenvalue weighted by Crippen LogP contribution is -2.32. The van der Waals surface area contributed by atoms with Crippen LogP contribution in [0.5, 0.6) is 0 Å². The van der Waals surface area contributed by atoms with Crippen molar-refractivity contribution in [2.45, 2.75) is 96.2 Å². The molecule has 26 heavy (non-hydrogen) atoms. The summed E-state index contributed by atoms with van der Waals surface area (Å²) in [6.45, 7) is 4.99. The molecular weight excluding hydrogens is 335 g/mol. The Morgan fingerprint density at radius 3 is 2.88 bits per heavy atom. The van der Waals surface area contributed by atoms with E-state index < -0.39 is 18.6 Å². The van der Waals surface area contributed by atoms with Crippen molar-refractivity contribution in [2.24, 2.45) is 17.8 Å². The summed E-state index contributed by atoms with van der Waals surface area (Å²) in [6.07, 6.45) is 8.68. The third kappa shape index (κ3) is 5.06. The van der Waals surface area contributed by atoms with Crippen LogP contribution >= 0.6 is 0 Å². The highest BCUT2D eigenvalue weighted by Crippen LogP contribution is 2.46. The van der Waals surface area contributed by atoms with Crippen molar-refractivity contribution in [3.05, 3.63) is 12.2 Å². The SMILES string of the molecule is CCCCC(F)C(/C=C/C1C(C)CC2OC(O)CC21)OC1CCCCO1. The molecule has 0 bridgehead atoms. The van der Waals surface area contributed by atoms with Gasteiger partial charge in [0.25, 0.3) is 0 Å². The quantitative estimate of drug-likeness (QED) is 0.645. The Labute approximate surface area is 157 Å². The first kappa shape index (κ1) is 20.2. The molecule has 1 saturated carbocycles. The summed E-state index contributed by atoms with van der Waals surface area (Å²) in [7, 11) is 0. The van der Waals surface area contributed by atoms with Crippen LogP contribution in [0.25, 0.3) is 0 Å². The lowest BCUT2D eigenvalue weighted by Gasteiger charge is -2.28. The summed E-state index contributed by atoms with van der Waals surface area (Å²) in [5.74, 6) is 1.12. The lowest BCUT2D eigenvalue weighted by molar-refractivity contribution is -0.189. The van der Waals surface area contributed by atoms with E-state index in [-0.39, 0.29) is 12.4 Å². The van der Waals surface area contributed by atoms with Crippen LogP contribution in [0.1, 0.15) is 65.2 Å². The van der Waals surface area contributed by atoms with E-state index in [0.29, 0.717) is 37.2 Å². The molecule has 2 aliphatic heterocycles. The predicted octanol–water partition coefficient (Wildman–Crippen LogP) is 4.36. The fourth-order valence-corrected chi connectivity index (χ4v) is 4.70. The van der Waals surface area contributed by atoms with Crippen LogP contribution in [-0.4, -0.2) is 42.7 Å². The van der Waals surface area contributed by atoms with Crippen LogP contribution in [0.4, 0.5) is 4.39 Å². The summed E-state index contributed by atoms with van der Waals surface area (Å²) in [5.41, 5.74) is 0. The minimum absolute atomic E-state index is 0.136. The fourth-order valence-electron chi connectivity index (χ4n) is 4.70. The Hall–Kier alpha value is -0.490. The number of alkyl halides is 1. The number of aliphatic hydroxyl groups is 1. The molecule has 0 aromatic carbocycles. The number of aliphatic hydroxyl groups excluding tert-OH is 1. The van der Waals surface area contributed by atoms with Gasteiger partial charge in [-0.05, 0) is 49.9 Å². The largest absolute Gasteiger partial charge is 0.368 e. The summed E-state index contributed by atoms with van der Waals surface area (Å²) in [5, 5.41) is 9.77. The molecule has 1 N–H and O–H groups in total. The summed E-state index contributed by atoms with van der Waals surface area (Å²) >= 11 is 0. The topological polar surface area (TPSA) is 47.9 Å². The smallest absolute Gasteiger partial charge is 0.158 e. The van der Waals surface area contributed by atoms with Gasteiger partial charge in [-0.3, -0.25) is 0 Å². The van der Waals surface area contributed by atoms with Crippen molar-refractivity contribution in [3.63, 3.8) is 0 Å². The Morgan fingerprint density at radius 1 is 1.31 bits per heavy atom. The molecule has 150 valence electrons. The van der Waals surface area contributed by atoms with Gasteiger partial charge in [-0.25, -0.2) is 4.39 Å². The van der Waals surface area contributed by atoms with Crippen molar-refractivity contribution in [2.75, 3.05) is 6.61 Å². The normalized spacial score (nSPS) is 40.0. The van der Waals surface area contributed by atoms with Crippen molar-refractivity contribution in [1.82, 2.24) is 0 Å². The molecule has 8 atom stereocenters. The molecule has 3 aliphatic rings. The van der Waals surface area contributed by atoms with Gasteiger partial charge in [0.2, 0.25) is 0 Å². The number of halogens is 1. The Kier molecular flexibility index (Phi) is 7.50. The highest BCUT2D eigenvalue weighted by Gasteiger charge is 2.46. The van der Waals surface area contributed by atoms with Crippen LogP contribution in [0.15, 0.2) is 12.2 Å². The number of rotatable bonds is 8. The second-order valence-corrected chi connectivity index (χ2v) is 8.26. The van der Waals surface area contributed by atoms with Gasteiger partial charge in [0.15, 0.2) is 12.6 Å². The zero-order valence-corrected chi connectivity index (χ0v) is 16.2. The van der Waals surface area contributed by atoms with Crippen molar-refractivity contribution < 1.29 is 23.7 Å². The van der Waals surface area contributed by atoms with Gasteiger partial charge in [0.1, 0.15) is 12.3 Å². The van der Waals surface area contributed by atoms with Crippen LogP contribution in [0.3, 0.4) is 0 Å². The molecule has 0 aromatic heterocycles. The zero-order chi connectivity index (χ0) is 18.5. The number of ether oxygens (including phenoxy) is 3. The molecule has 3 fully saturated rings. The van der Waals surface area contributed by atoms with E-state index in [1.165, 1.54) is 0 Å². The van der Waals surface area contributed by atoms with Gasteiger partial charge < -0.3 is 19.3 Å². The number of fused-ring (bicyclic) bond motifs is 1. The van der Waals surface area contributed by atoms with Gasteiger partial charge in [0.05, 0.1) is 6.10 Å². The second-order valence-electron chi connectivity index (χ2n) is 8.26. The molecule has 0 radical (unpaired) electrons. The van der Waals surface area contributed by atoms with Crippen LogP contribution < -0.4 is 0 Å². The maximum Gasteiger partial charge on any atom is 0.158 e. The standard InChI is InChI=1S/C21H35FO4/c1-3-4-7-17(22)18(26-21-8-5-6-11-24-21)10-9-15-14(2)12-19-16(15)13-20(23)25-19/h9-10,14-21,23H,3-8,11-13H2,1-2H3/b10-9+.